The Balaban J connectivity index is 1.71. The van der Waals surface area contributed by atoms with Gasteiger partial charge < -0.3 is 10.1 Å². The molecule has 5 nitrogen and oxygen atoms in total. The second kappa shape index (κ2) is 8.74. The maximum Gasteiger partial charge on any atom is 0.252 e. The van der Waals surface area contributed by atoms with E-state index >= 15 is 0 Å². The predicted molar refractivity (Wildman–Crippen MR) is 117 cm³/mol. The molecule has 150 valence electrons. The minimum Gasteiger partial charge on any atom is -0.494 e. The van der Waals surface area contributed by atoms with E-state index in [0.29, 0.717) is 18.7 Å². The lowest BCUT2D eigenvalue weighted by Gasteiger charge is -2.11. The molecule has 0 aliphatic rings. The fraction of sp³-hybridized carbons (Fsp3) is 0.160. The lowest BCUT2D eigenvalue weighted by molar-refractivity contribution is -0.378. The van der Waals surface area contributed by atoms with Crippen LogP contribution in [0.15, 0.2) is 73.1 Å². The molecule has 2 heterocycles. The first-order chi connectivity index (χ1) is 14.6. The quantitative estimate of drug-likeness (QED) is 0.525. The lowest BCUT2D eigenvalue weighted by atomic mass is 10.0. The molecule has 0 aliphatic heterocycles. The second-order valence-corrected chi connectivity index (χ2v) is 7.13. The van der Waals surface area contributed by atoms with Gasteiger partial charge in [0, 0.05) is 29.1 Å². The molecule has 1 amide bonds. The molecule has 0 unspecified atom stereocenters. The largest absolute Gasteiger partial charge is 0.494 e. The first-order valence-corrected chi connectivity index (χ1v) is 10.0. The molecule has 2 aromatic heterocycles. The first-order valence-electron chi connectivity index (χ1n) is 10.0. The summed E-state index contributed by atoms with van der Waals surface area (Å²) in [4.78, 5) is 20.9. The highest BCUT2D eigenvalue weighted by Gasteiger charge is 2.15. The molecule has 0 atom stereocenters. The van der Waals surface area contributed by atoms with Crippen LogP contribution in [-0.4, -0.2) is 17.5 Å². The summed E-state index contributed by atoms with van der Waals surface area (Å²) >= 11 is 0. The Hall–Kier alpha value is -3.73. The van der Waals surface area contributed by atoms with Crippen LogP contribution in [-0.2, 0) is 6.54 Å². The van der Waals surface area contributed by atoms with E-state index in [1.807, 2.05) is 86.9 Å². The van der Waals surface area contributed by atoms with Crippen LogP contribution in [0.3, 0.4) is 0 Å². The number of carbonyl (C=O) groups excluding carboxylic acids is 1. The highest BCUT2D eigenvalue weighted by Crippen LogP contribution is 2.27. The van der Waals surface area contributed by atoms with Crippen LogP contribution >= 0.6 is 0 Å². The number of aryl methyl sites for hydroxylation is 1. The Morgan fingerprint density at radius 2 is 1.93 bits per heavy atom. The number of aromatic nitrogens is 2. The summed E-state index contributed by atoms with van der Waals surface area (Å²) in [5.74, 6) is 0.694. The summed E-state index contributed by atoms with van der Waals surface area (Å²) in [6.07, 6.45) is 3.72. The van der Waals surface area contributed by atoms with Crippen LogP contribution in [0.25, 0.3) is 22.2 Å². The number of hydrogen-bond acceptors (Lipinski definition) is 3. The van der Waals surface area contributed by atoms with Gasteiger partial charge in [0.2, 0.25) is 0 Å². The van der Waals surface area contributed by atoms with E-state index in [0.717, 1.165) is 39.0 Å². The molecule has 0 aliphatic carbocycles. The minimum absolute atomic E-state index is 0.121. The number of fused-ring (bicyclic) bond motifs is 1. The van der Waals surface area contributed by atoms with Crippen molar-refractivity contribution in [3.63, 3.8) is 0 Å². The number of H-pyrrole nitrogens is 1. The number of amides is 1. The van der Waals surface area contributed by atoms with Gasteiger partial charge in [0.15, 0.2) is 12.4 Å². The molecular weight excluding hydrogens is 374 g/mol. The molecular formula is C25H24N3O2+. The molecule has 2 aromatic carbocycles. The SMILES string of the molecule is CCOc1ccc(-c2cc(C(=O)NCc3ccc[nH+]c3)c3cc(C)ccc3n2)cc1. The van der Waals surface area contributed by atoms with E-state index in [2.05, 4.69) is 10.3 Å². The number of aromatic amines is 1. The van der Waals surface area contributed by atoms with Crippen molar-refractivity contribution in [3.8, 4) is 17.0 Å². The van der Waals surface area contributed by atoms with E-state index in [-0.39, 0.29) is 5.91 Å². The van der Waals surface area contributed by atoms with Crippen molar-refractivity contribution in [1.29, 1.82) is 0 Å². The normalized spacial score (nSPS) is 10.7. The maximum atomic E-state index is 13.1. The number of ether oxygens (including phenoxy) is 1. The third-order valence-electron chi connectivity index (χ3n) is 4.89. The zero-order valence-electron chi connectivity index (χ0n) is 17.1. The number of carbonyl (C=O) groups is 1. The summed E-state index contributed by atoms with van der Waals surface area (Å²) in [5.41, 5.74) is 5.20. The van der Waals surface area contributed by atoms with Crippen LogP contribution in [0.5, 0.6) is 5.75 Å². The molecule has 0 radical (unpaired) electrons. The van der Waals surface area contributed by atoms with Crippen molar-refractivity contribution in [2.45, 2.75) is 20.4 Å². The highest BCUT2D eigenvalue weighted by molar-refractivity contribution is 6.07. The fourth-order valence-electron chi connectivity index (χ4n) is 3.38. The molecule has 30 heavy (non-hydrogen) atoms. The van der Waals surface area contributed by atoms with Crippen molar-refractivity contribution in [3.05, 3.63) is 89.7 Å². The van der Waals surface area contributed by atoms with Gasteiger partial charge in [-0.15, -0.1) is 0 Å². The van der Waals surface area contributed by atoms with Gasteiger partial charge in [0.1, 0.15) is 5.75 Å². The number of rotatable bonds is 6. The van der Waals surface area contributed by atoms with Gasteiger partial charge in [-0.3, -0.25) is 4.79 Å². The van der Waals surface area contributed by atoms with E-state index in [1.165, 1.54) is 0 Å². The summed E-state index contributed by atoms with van der Waals surface area (Å²) in [6, 6.07) is 19.5. The zero-order valence-corrected chi connectivity index (χ0v) is 17.1. The van der Waals surface area contributed by atoms with Crippen molar-refractivity contribution >= 4 is 16.8 Å². The van der Waals surface area contributed by atoms with Crippen LogP contribution in [0.1, 0.15) is 28.4 Å². The summed E-state index contributed by atoms with van der Waals surface area (Å²) in [5, 5.41) is 3.87. The van der Waals surface area contributed by atoms with E-state index in [1.54, 1.807) is 0 Å². The minimum atomic E-state index is -0.121. The molecule has 2 N–H and O–H groups in total. The van der Waals surface area contributed by atoms with Gasteiger partial charge in [-0.2, -0.15) is 0 Å². The van der Waals surface area contributed by atoms with Crippen LogP contribution in [0.2, 0.25) is 0 Å². The van der Waals surface area contributed by atoms with Crippen molar-refractivity contribution in [1.82, 2.24) is 10.3 Å². The highest BCUT2D eigenvalue weighted by atomic mass is 16.5. The molecule has 5 heteroatoms. The molecule has 0 bridgehead atoms. The van der Waals surface area contributed by atoms with Gasteiger partial charge in [-0.1, -0.05) is 11.6 Å². The van der Waals surface area contributed by atoms with Crippen molar-refractivity contribution in [2.24, 2.45) is 0 Å². The fourth-order valence-corrected chi connectivity index (χ4v) is 3.38. The molecule has 0 spiro atoms. The maximum absolute atomic E-state index is 13.1. The number of nitrogens with one attached hydrogen (secondary N) is 2. The van der Waals surface area contributed by atoms with Crippen LogP contribution in [0.4, 0.5) is 0 Å². The Morgan fingerprint density at radius 1 is 1.10 bits per heavy atom. The van der Waals surface area contributed by atoms with Gasteiger partial charge >= 0.3 is 0 Å². The van der Waals surface area contributed by atoms with Crippen molar-refractivity contribution in [2.75, 3.05) is 6.61 Å². The smallest absolute Gasteiger partial charge is 0.252 e. The Morgan fingerprint density at radius 3 is 2.67 bits per heavy atom. The van der Waals surface area contributed by atoms with Crippen LogP contribution < -0.4 is 15.0 Å². The Kier molecular flexibility index (Phi) is 5.70. The standard InChI is InChI=1S/C25H23N3O2/c1-3-30-20-9-7-19(8-10-20)24-14-22(21-13-17(2)6-11-23(21)28-24)25(29)27-16-18-5-4-12-26-15-18/h4-15H,3,16H2,1-2H3,(H,27,29)/p+1. The molecule has 0 saturated heterocycles. The van der Waals surface area contributed by atoms with Gasteiger partial charge in [-0.05, 0) is 62.4 Å². The third kappa shape index (κ3) is 4.30. The van der Waals surface area contributed by atoms with E-state index in [4.69, 9.17) is 9.72 Å². The Labute approximate surface area is 175 Å². The topological polar surface area (TPSA) is 65.4 Å². The third-order valence-corrected chi connectivity index (χ3v) is 4.89. The molecule has 4 rings (SSSR count). The van der Waals surface area contributed by atoms with E-state index in [9.17, 15) is 4.79 Å². The summed E-state index contributed by atoms with van der Waals surface area (Å²) < 4.78 is 5.53. The number of nitrogens with zero attached hydrogens (tertiary/aromatic N) is 1. The molecule has 0 saturated carbocycles. The van der Waals surface area contributed by atoms with Gasteiger partial charge in [0.05, 0.1) is 23.4 Å². The predicted octanol–water partition coefficient (Wildman–Crippen LogP) is 4.35. The lowest BCUT2D eigenvalue weighted by Crippen LogP contribution is -2.24. The average molecular weight is 398 g/mol. The van der Waals surface area contributed by atoms with Crippen LogP contribution in [0, 0.1) is 6.92 Å². The zero-order chi connectivity index (χ0) is 20.9. The Bertz CT molecular complexity index is 1170. The molecule has 0 fully saturated rings. The van der Waals surface area contributed by atoms with Gasteiger partial charge in [-0.25, -0.2) is 9.97 Å². The monoisotopic (exact) mass is 398 g/mol. The second-order valence-electron chi connectivity index (χ2n) is 7.13. The summed E-state index contributed by atoms with van der Waals surface area (Å²) in [7, 11) is 0. The van der Waals surface area contributed by atoms with E-state index < -0.39 is 0 Å². The van der Waals surface area contributed by atoms with Crippen molar-refractivity contribution < 1.29 is 14.5 Å². The summed E-state index contributed by atoms with van der Waals surface area (Å²) in [6.45, 7) is 5.04. The number of benzene rings is 2. The average Bonchev–Trinajstić information content (AvgIpc) is 2.78. The van der Waals surface area contributed by atoms with Gasteiger partial charge in [0.25, 0.3) is 5.91 Å². The number of pyridine rings is 2. The molecule has 4 aromatic rings. The first kappa shape index (κ1) is 19.6. The number of hydrogen-bond donors (Lipinski definition) is 1.